The van der Waals surface area contributed by atoms with E-state index in [4.69, 9.17) is 0 Å². The van der Waals surface area contributed by atoms with Gasteiger partial charge < -0.3 is 10.6 Å². The summed E-state index contributed by atoms with van der Waals surface area (Å²) in [5.74, 6) is -0.697. The Kier molecular flexibility index (Phi) is 4.94. The molecule has 3 aromatic rings. The van der Waals surface area contributed by atoms with Gasteiger partial charge in [0.2, 0.25) is 5.91 Å². The number of imide groups is 1. The van der Waals surface area contributed by atoms with E-state index in [0.29, 0.717) is 18.5 Å². The number of para-hydroxylation sites is 2. The first-order valence-electron chi connectivity index (χ1n) is 10.4. The van der Waals surface area contributed by atoms with E-state index in [0.717, 1.165) is 45.0 Å². The predicted octanol–water partition coefficient (Wildman–Crippen LogP) is 4.16. The molecule has 1 aromatic heterocycles. The molecular weight excluding hydrogens is 412 g/mol. The van der Waals surface area contributed by atoms with Crippen molar-refractivity contribution in [3.8, 4) is 10.6 Å². The summed E-state index contributed by atoms with van der Waals surface area (Å²) in [5, 5.41) is 6.51. The van der Waals surface area contributed by atoms with Gasteiger partial charge in [-0.25, -0.2) is 9.78 Å². The van der Waals surface area contributed by atoms with Crippen LogP contribution >= 0.6 is 11.3 Å². The Hall–Kier alpha value is -3.26. The van der Waals surface area contributed by atoms with Crippen LogP contribution in [0.15, 0.2) is 48.5 Å². The highest BCUT2D eigenvalue weighted by atomic mass is 32.1. The van der Waals surface area contributed by atoms with Gasteiger partial charge in [0.15, 0.2) is 0 Å². The molecule has 5 rings (SSSR count). The van der Waals surface area contributed by atoms with E-state index >= 15 is 0 Å². The molecule has 4 amide bonds. The Labute approximate surface area is 183 Å². The van der Waals surface area contributed by atoms with Crippen molar-refractivity contribution in [1.29, 1.82) is 0 Å². The highest BCUT2D eigenvalue weighted by molar-refractivity contribution is 7.21. The van der Waals surface area contributed by atoms with Gasteiger partial charge in [-0.15, -0.1) is 11.3 Å². The van der Waals surface area contributed by atoms with E-state index < -0.39 is 17.5 Å². The molecule has 0 unspecified atom stereocenters. The first-order chi connectivity index (χ1) is 15.1. The standard InChI is InChI=1S/C23H22N4O3S/c28-19(14-27-21(29)23(26-22(27)30)12-6-1-7-13-23)24-16-9-3-2-8-15(16)20-25-17-10-4-5-11-18(17)31-20/h2-5,8-11H,1,6-7,12-14H2,(H,24,28)(H,26,30). The maximum absolute atomic E-state index is 12.9. The molecule has 31 heavy (non-hydrogen) atoms. The molecule has 1 aliphatic heterocycles. The van der Waals surface area contributed by atoms with Crippen LogP contribution in [0.2, 0.25) is 0 Å². The van der Waals surface area contributed by atoms with Crippen molar-refractivity contribution in [2.45, 2.75) is 37.6 Å². The van der Waals surface area contributed by atoms with E-state index in [1.54, 1.807) is 17.4 Å². The number of carbonyl (C=O) groups excluding carboxylic acids is 3. The SMILES string of the molecule is O=C(CN1C(=O)NC2(CCCCC2)C1=O)Nc1ccccc1-c1nc2ccccc2s1. The van der Waals surface area contributed by atoms with Crippen molar-refractivity contribution >= 4 is 45.1 Å². The number of carbonyl (C=O) groups is 3. The molecule has 0 atom stereocenters. The van der Waals surface area contributed by atoms with Gasteiger partial charge in [-0.3, -0.25) is 14.5 Å². The fourth-order valence-electron chi connectivity index (χ4n) is 4.41. The number of anilines is 1. The quantitative estimate of drug-likeness (QED) is 0.604. The molecule has 2 aromatic carbocycles. The number of benzene rings is 2. The zero-order valence-electron chi connectivity index (χ0n) is 16.9. The third-order valence-electron chi connectivity index (χ3n) is 5.98. The zero-order chi connectivity index (χ0) is 21.4. The molecule has 1 spiro atoms. The summed E-state index contributed by atoms with van der Waals surface area (Å²) in [6, 6.07) is 14.8. The molecule has 1 aliphatic carbocycles. The molecule has 0 bridgehead atoms. The minimum Gasteiger partial charge on any atom is -0.324 e. The Morgan fingerprint density at radius 1 is 1.06 bits per heavy atom. The van der Waals surface area contributed by atoms with Crippen LogP contribution in [0.25, 0.3) is 20.8 Å². The Bertz CT molecular complexity index is 1150. The van der Waals surface area contributed by atoms with Gasteiger partial charge in [0.25, 0.3) is 5.91 Å². The summed E-state index contributed by atoms with van der Waals surface area (Å²) >= 11 is 1.55. The normalized spacial score (nSPS) is 17.9. The van der Waals surface area contributed by atoms with E-state index in [1.165, 1.54) is 0 Å². The van der Waals surface area contributed by atoms with Crippen LogP contribution in [0, 0.1) is 0 Å². The van der Waals surface area contributed by atoms with Gasteiger partial charge >= 0.3 is 6.03 Å². The molecule has 1 saturated heterocycles. The van der Waals surface area contributed by atoms with Crippen molar-refractivity contribution in [1.82, 2.24) is 15.2 Å². The second-order valence-corrected chi connectivity index (χ2v) is 9.08. The Morgan fingerprint density at radius 3 is 2.61 bits per heavy atom. The molecule has 2 aliphatic rings. The van der Waals surface area contributed by atoms with Crippen LogP contribution in [0.1, 0.15) is 32.1 Å². The van der Waals surface area contributed by atoms with Crippen molar-refractivity contribution in [2.75, 3.05) is 11.9 Å². The van der Waals surface area contributed by atoms with Crippen molar-refractivity contribution < 1.29 is 14.4 Å². The topological polar surface area (TPSA) is 91.4 Å². The second kappa shape index (κ2) is 7.77. The number of amides is 4. The third-order valence-corrected chi connectivity index (χ3v) is 7.05. The Morgan fingerprint density at radius 2 is 1.81 bits per heavy atom. The van der Waals surface area contributed by atoms with Crippen LogP contribution in [-0.2, 0) is 9.59 Å². The second-order valence-electron chi connectivity index (χ2n) is 8.04. The van der Waals surface area contributed by atoms with Crippen molar-refractivity contribution in [3.63, 3.8) is 0 Å². The summed E-state index contributed by atoms with van der Waals surface area (Å²) in [6.45, 7) is -0.305. The molecule has 1 saturated carbocycles. The highest BCUT2D eigenvalue weighted by Crippen LogP contribution is 2.35. The van der Waals surface area contributed by atoms with Crippen LogP contribution in [0.5, 0.6) is 0 Å². The molecule has 2 heterocycles. The average molecular weight is 435 g/mol. The van der Waals surface area contributed by atoms with Crippen LogP contribution in [-0.4, -0.2) is 39.8 Å². The van der Waals surface area contributed by atoms with Gasteiger partial charge in [-0.2, -0.15) is 0 Å². The van der Waals surface area contributed by atoms with Gasteiger partial charge in [-0.05, 0) is 37.1 Å². The number of hydrogen-bond acceptors (Lipinski definition) is 5. The van der Waals surface area contributed by atoms with E-state index in [9.17, 15) is 14.4 Å². The number of fused-ring (bicyclic) bond motifs is 1. The first kappa shape index (κ1) is 19.7. The lowest BCUT2D eigenvalue weighted by Crippen LogP contribution is -2.48. The molecule has 0 radical (unpaired) electrons. The average Bonchev–Trinajstić information content (AvgIpc) is 3.30. The van der Waals surface area contributed by atoms with Gasteiger partial charge in [0, 0.05) is 5.56 Å². The number of hydrogen-bond donors (Lipinski definition) is 2. The Balaban J connectivity index is 1.34. The molecule has 2 N–H and O–H groups in total. The van der Waals surface area contributed by atoms with E-state index in [1.807, 2.05) is 42.5 Å². The van der Waals surface area contributed by atoms with Crippen LogP contribution in [0.4, 0.5) is 10.5 Å². The van der Waals surface area contributed by atoms with E-state index in [-0.39, 0.29) is 12.5 Å². The third kappa shape index (κ3) is 3.57. The minimum atomic E-state index is -0.825. The first-order valence-corrected chi connectivity index (χ1v) is 11.3. The molecular formula is C23H22N4O3S. The maximum Gasteiger partial charge on any atom is 0.325 e. The largest absolute Gasteiger partial charge is 0.325 e. The number of aromatic nitrogens is 1. The van der Waals surface area contributed by atoms with Gasteiger partial charge in [0.1, 0.15) is 17.1 Å². The molecule has 7 nitrogen and oxygen atoms in total. The van der Waals surface area contributed by atoms with E-state index in [2.05, 4.69) is 15.6 Å². The van der Waals surface area contributed by atoms with Gasteiger partial charge in [0.05, 0.1) is 15.9 Å². The number of nitrogens with zero attached hydrogens (tertiary/aromatic N) is 2. The van der Waals surface area contributed by atoms with Gasteiger partial charge in [-0.1, -0.05) is 43.5 Å². The monoisotopic (exact) mass is 434 g/mol. The number of urea groups is 1. The maximum atomic E-state index is 12.9. The number of nitrogens with one attached hydrogen (secondary N) is 2. The number of thiazole rings is 1. The summed E-state index contributed by atoms with van der Waals surface area (Å²) in [7, 11) is 0. The summed E-state index contributed by atoms with van der Waals surface area (Å²) in [5.41, 5.74) is 1.49. The molecule has 158 valence electrons. The van der Waals surface area contributed by atoms with Crippen molar-refractivity contribution in [2.24, 2.45) is 0 Å². The number of rotatable bonds is 4. The van der Waals surface area contributed by atoms with Crippen LogP contribution in [0.3, 0.4) is 0 Å². The summed E-state index contributed by atoms with van der Waals surface area (Å²) in [4.78, 5) is 43.9. The lowest BCUT2D eigenvalue weighted by atomic mass is 9.82. The zero-order valence-corrected chi connectivity index (χ0v) is 17.7. The highest BCUT2D eigenvalue weighted by Gasteiger charge is 2.51. The fraction of sp³-hybridized carbons (Fsp3) is 0.304. The lowest BCUT2D eigenvalue weighted by Gasteiger charge is -2.30. The summed E-state index contributed by atoms with van der Waals surface area (Å²) in [6.07, 6.45) is 4.14. The minimum absolute atomic E-state index is 0.285. The van der Waals surface area contributed by atoms with Crippen LogP contribution < -0.4 is 10.6 Å². The van der Waals surface area contributed by atoms with Crippen molar-refractivity contribution in [3.05, 3.63) is 48.5 Å². The molecule has 2 fully saturated rings. The summed E-state index contributed by atoms with van der Waals surface area (Å²) < 4.78 is 1.07. The predicted molar refractivity (Wildman–Crippen MR) is 120 cm³/mol. The fourth-order valence-corrected chi connectivity index (χ4v) is 5.42. The smallest absolute Gasteiger partial charge is 0.324 e. The lowest BCUT2D eigenvalue weighted by molar-refractivity contribution is -0.134. The molecule has 8 heteroatoms.